The summed E-state index contributed by atoms with van der Waals surface area (Å²) in [5.74, 6) is 1.57. The zero-order chi connectivity index (χ0) is 13.8. The highest BCUT2D eigenvalue weighted by molar-refractivity contribution is 5.21. The van der Waals surface area contributed by atoms with Gasteiger partial charge in [-0.05, 0) is 11.6 Å². The van der Waals surface area contributed by atoms with Crippen LogP contribution in [0.5, 0.6) is 0 Å². The number of nitrogens with two attached hydrogens (primary N) is 1. The van der Waals surface area contributed by atoms with Crippen molar-refractivity contribution in [2.45, 2.75) is 18.9 Å². The van der Waals surface area contributed by atoms with E-state index in [-0.39, 0.29) is 30.1 Å². The molecule has 1 aromatic heterocycles. The standard InChI is InChI=1S/C13H11F2N3O/c1-2-3-11(16)13-17-12(18-19-13)6-8-4-5-9(14)7-10(8)15/h1,4-5,7,11H,3,6,16H2. The van der Waals surface area contributed by atoms with E-state index in [4.69, 9.17) is 16.7 Å². The molecule has 2 aromatic rings. The molecular formula is C13H11F2N3O. The summed E-state index contributed by atoms with van der Waals surface area (Å²) in [5, 5.41) is 3.68. The second-order valence-electron chi connectivity index (χ2n) is 3.98. The zero-order valence-electron chi connectivity index (χ0n) is 9.94. The number of hydrogen-bond donors (Lipinski definition) is 1. The minimum atomic E-state index is -0.653. The van der Waals surface area contributed by atoms with Crippen LogP contribution in [0, 0.1) is 24.0 Å². The van der Waals surface area contributed by atoms with Crippen molar-refractivity contribution in [1.82, 2.24) is 10.1 Å². The number of aromatic nitrogens is 2. The molecule has 0 aliphatic rings. The summed E-state index contributed by atoms with van der Waals surface area (Å²) in [5.41, 5.74) is 5.98. The molecule has 4 nitrogen and oxygen atoms in total. The van der Waals surface area contributed by atoms with Crippen molar-refractivity contribution in [3.05, 3.63) is 47.1 Å². The fourth-order valence-electron chi connectivity index (χ4n) is 1.54. The number of benzene rings is 1. The SMILES string of the molecule is C#CCC(N)c1nc(Cc2ccc(F)cc2F)no1. The van der Waals surface area contributed by atoms with Crippen molar-refractivity contribution >= 4 is 0 Å². The van der Waals surface area contributed by atoms with Gasteiger partial charge in [0.05, 0.1) is 6.04 Å². The van der Waals surface area contributed by atoms with Gasteiger partial charge < -0.3 is 10.3 Å². The Balaban J connectivity index is 2.14. The van der Waals surface area contributed by atoms with Gasteiger partial charge in [0.15, 0.2) is 5.82 Å². The third-order valence-electron chi connectivity index (χ3n) is 2.50. The van der Waals surface area contributed by atoms with E-state index in [0.717, 1.165) is 6.07 Å². The van der Waals surface area contributed by atoms with E-state index in [1.54, 1.807) is 0 Å². The van der Waals surface area contributed by atoms with Gasteiger partial charge in [0.2, 0.25) is 5.89 Å². The first-order valence-electron chi connectivity index (χ1n) is 5.55. The third-order valence-corrected chi connectivity index (χ3v) is 2.50. The molecule has 6 heteroatoms. The van der Waals surface area contributed by atoms with Crippen LogP contribution in [0.3, 0.4) is 0 Å². The fraction of sp³-hybridized carbons (Fsp3) is 0.231. The quantitative estimate of drug-likeness (QED) is 0.856. The Hall–Kier alpha value is -2.26. The predicted molar refractivity (Wildman–Crippen MR) is 63.8 cm³/mol. The molecule has 1 aromatic carbocycles. The lowest BCUT2D eigenvalue weighted by Crippen LogP contribution is -2.09. The summed E-state index contributed by atoms with van der Waals surface area (Å²) in [6.45, 7) is 0. The monoisotopic (exact) mass is 263 g/mol. The van der Waals surface area contributed by atoms with Gasteiger partial charge in [0.25, 0.3) is 0 Å². The third kappa shape index (κ3) is 3.14. The Morgan fingerprint density at radius 3 is 2.89 bits per heavy atom. The molecule has 0 aliphatic heterocycles. The Kier molecular flexibility index (Phi) is 3.88. The van der Waals surface area contributed by atoms with Crippen LogP contribution in [0.1, 0.15) is 29.7 Å². The van der Waals surface area contributed by atoms with Gasteiger partial charge in [0.1, 0.15) is 11.6 Å². The average molecular weight is 263 g/mol. The molecule has 0 aliphatic carbocycles. The molecule has 1 heterocycles. The first-order chi connectivity index (χ1) is 9.10. The molecule has 2 rings (SSSR count). The van der Waals surface area contributed by atoms with E-state index < -0.39 is 17.7 Å². The summed E-state index contributed by atoms with van der Waals surface area (Å²) < 4.78 is 31.1. The number of terminal acetylenes is 1. The van der Waals surface area contributed by atoms with Crippen LogP contribution in [0.2, 0.25) is 0 Å². The molecule has 98 valence electrons. The molecule has 2 N–H and O–H groups in total. The van der Waals surface area contributed by atoms with Crippen molar-refractivity contribution in [1.29, 1.82) is 0 Å². The lowest BCUT2D eigenvalue weighted by Gasteiger charge is -2.00. The lowest BCUT2D eigenvalue weighted by molar-refractivity contribution is 0.353. The van der Waals surface area contributed by atoms with Crippen molar-refractivity contribution in [3.8, 4) is 12.3 Å². The van der Waals surface area contributed by atoms with Crippen LogP contribution < -0.4 is 5.73 Å². The molecular weight excluding hydrogens is 252 g/mol. The van der Waals surface area contributed by atoms with Crippen LogP contribution in [0.25, 0.3) is 0 Å². The van der Waals surface area contributed by atoms with E-state index in [9.17, 15) is 8.78 Å². The van der Waals surface area contributed by atoms with Gasteiger partial charge >= 0.3 is 0 Å². The Bertz CT molecular complexity index is 619. The maximum absolute atomic E-state index is 13.4. The smallest absolute Gasteiger partial charge is 0.244 e. The molecule has 0 bridgehead atoms. The highest BCUT2D eigenvalue weighted by Crippen LogP contribution is 2.15. The average Bonchev–Trinajstić information content (AvgIpc) is 2.82. The van der Waals surface area contributed by atoms with Gasteiger partial charge in [-0.25, -0.2) is 8.78 Å². The van der Waals surface area contributed by atoms with Crippen LogP contribution >= 0.6 is 0 Å². The van der Waals surface area contributed by atoms with Crippen LogP contribution in [-0.4, -0.2) is 10.1 Å². The molecule has 0 fully saturated rings. The van der Waals surface area contributed by atoms with Gasteiger partial charge in [0, 0.05) is 18.9 Å². The van der Waals surface area contributed by atoms with E-state index in [0.29, 0.717) is 0 Å². The number of hydrogen-bond acceptors (Lipinski definition) is 4. The minimum absolute atomic E-state index is 0.0956. The van der Waals surface area contributed by atoms with Crippen molar-refractivity contribution in [2.24, 2.45) is 5.73 Å². The second kappa shape index (κ2) is 5.59. The predicted octanol–water partition coefficient (Wildman–Crippen LogP) is 1.96. The molecule has 1 atom stereocenters. The molecule has 0 saturated heterocycles. The highest BCUT2D eigenvalue weighted by atomic mass is 19.1. The molecule has 0 spiro atoms. The fourth-order valence-corrected chi connectivity index (χ4v) is 1.54. The molecule has 0 amide bonds. The van der Waals surface area contributed by atoms with Gasteiger partial charge in [-0.2, -0.15) is 4.98 Å². The van der Waals surface area contributed by atoms with Crippen molar-refractivity contribution < 1.29 is 13.3 Å². The summed E-state index contributed by atoms with van der Waals surface area (Å²) >= 11 is 0. The molecule has 19 heavy (non-hydrogen) atoms. The normalized spacial score (nSPS) is 12.1. The molecule has 0 radical (unpaired) electrons. The second-order valence-corrected chi connectivity index (χ2v) is 3.98. The zero-order valence-corrected chi connectivity index (χ0v) is 9.94. The number of halogens is 2. The Morgan fingerprint density at radius 2 is 2.21 bits per heavy atom. The molecule has 0 saturated carbocycles. The Morgan fingerprint density at radius 1 is 1.42 bits per heavy atom. The summed E-state index contributed by atoms with van der Waals surface area (Å²) in [6, 6.07) is 2.77. The maximum Gasteiger partial charge on any atom is 0.244 e. The summed E-state index contributed by atoms with van der Waals surface area (Å²) in [7, 11) is 0. The van der Waals surface area contributed by atoms with E-state index in [1.165, 1.54) is 12.1 Å². The number of nitrogens with zero attached hydrogens (tertiary/aromatic N) is 2. The maximum atomic E-state index is 13.4. The summed E-state index contributed by atoms with van der Waals surface area (Å²) in [4.78, 5) is 4.03. The van der Waals surface area contributed by atoms with Crippen LogP contribution in [-0.2, 0) is 6.42 Å². The van der Waals surface area contributed by atoms with Crippen molar-refractivity contribution in [3.63, 3.8) is 0 Å². The van der Waals surface area contributed by atoms with Crippen molar-refractivity contribution in [2.75, 3.05) is 0 Å². The first kappa shape index (κ1) is 13.2. The summed E-state index contributed by atoms with van der Waals surface area (Å²) in [6.07, 6.45) is 5.49. The largest absolute Gasteiger partial charge is 0.338 e. The van der Waals surface area contributed by atoms with Gasteiger partial charge in [-0.1, -0.05) is 11.2 Å². The highest BCUT2D eigenvalue weighted by Gasteiger charge is 2.15. The molecule has 1 unspecified atom stereocenters. The first-order valence-corrected chi connectivity index (χ1v) is 5.55. The van der Waals surface area contributed by atoms with E-state index in [1.807, 2.05) is 0 Å². The lowest BCUT2D eigenvalue weighted by atomic mass is 10.1. The topological polar surface area (TPSA) is 64.9 Å². The van der Waals surface area contributed by atoms with Gasteiger partial charge in [-0.3, -0.25) is 0 Å². The number of rotatable bonds is 4. The van der Waals surface area contributed by atoms with Crippen LogP contribution in [0.4, 0.5) is 8.78 Å². The van der Waals surface area contributed by atoms with Gasteiger partial charge in [-0.15, -0.1) is 12.3 Å². The van der Waals surface area contributed by atoms with E-state index in [2.05, 4.69) is 16.1 Å². The van der Waals surface area contributed by atoms with Crippen LogP contribution in [0.15, 0.2) is 22.7 Å². The Labute approximate surface area is 108 Å². The minimum Gasteiger partial charge on any atom is -0.338 e. The van der Waals surface area contributed by atoms with E-state index >= 15 is 0 Å².